The van der Waals surface area contributed by atoms with E-state index in [1.54, 1.807) is 10.9 Å². The van der Waals surface area contributed by atoms with Crippen molar-refractivity contribution in [3.05, 3.63) is 76.7 Å². The molecule has 0 atom stereocenters. The van der Waals surface area contributed by atoms with Gasteiger partial charge in [-0.3, -0.25) is 4.79 Å². The number of imidazole rings is 1. The molecule has 0 saturated carbocycles. The highest BCUT2D eigenvalue weighted by Crippen LogP contribution is 2.22. The highest BCUT2D eigenvalue weighted by molar-refractivity contribution is 6.06. The predicted octanol–water partition coefficient (Wildman–Crippen LogP) is 3.66. The summed E-state index contributed by atoms with van der Waals surface area (Å²) >= 11 is 0. The number of rotatable bonds is 2. The molecule has 0 amide bonds. The van der Waals surface area contributed by atoms with Crippen LogP contribution in [0.25, 0.3) is 21.5 Å². The van der Waals surface area contributed by atoms with E-state index in [0.29, 0.717) is 6.54 Å². The fourth-order valence-corrected chi connectivity index (χ4v) is 2.88. The summed E-state index contributed by atoms with van der Waals surface area (Å²) in [5.41, 5.74) is 1.91. The van der Waals surface area contributed by atoms with E-state index in [1.165, 1.54) is 0 Å². The molecule has 0 saturated heterocycles. The molecule has 4 nitrogen and oxygen atoms in total. The molecule has 5 heteroatoms. The van der Waals surface area contributed by atoms with Gasteiger partial charge in [-0.25, -0.2) is 4.98 Å². The highest BCUT2D eigenvalue weighted by Gasteiger charge is 2.09. The number of hydrogen-bond acceptors (Lipinski definition) is 2. The molecule has 0 fully saturated rings. The second-order valence-corrected chi connectivity index (χ2v) is 5.47. The van der Waals surface area contributed by atoms with Crippen molar-refractivity contribution in [1.29, 1.82) is 0 Å². The molecule has 23 heavy (non-hydrogen) atoms. The number of aromatic nitrogens is 3. The standard InChI is InChI=1S/C18H15N3O.ClH/c1-12-16(20-11-19-12)10-21-9-8-14-7-6-13-4-2-3-5-15(13)17(14)18(21)22;/h2-9,11H,10H2,1H3,(H,19,20);1H. The lowest BCUT2D eigenvalue weighted by Crippen LogP contribution is -2.20. The third-order valence-electron chi connectivity index (χ3n) is 4.12. The maximum absolute atomic E-state index is 12.9. The lowest BCUT2D eigenvalue weighted by atomic mass is 10.0. The zero-order valence-corrected chi connectivity index (χ0v) is 13.4. The van der Waals surface area contributed by atoms with E-state index in [1.807, 2.05) is 49.5 Å². The van der Waals surface area contributed by atoms with Crippen LogP contribution in [0.15, 0.2) is 59.8 Å². The number of aryl methyl sites for hydroxylation is 1. The first kappa shape index (κ1) is 15.3. The number of halogens is 1. The van der Waals surface area contributed by atoms with Crippen LogP contribution in [-0.4, -0.2) is 14.5 Å². The van der Waals surface area contributed by atoms with Gasteiger partial charge in [0.05, 0.1) is 24.0 Å². The summed E-state index contributed by atoms with van der Waals surface area (Å²) in [6.07, 6.45) is 3.50. The zero-order valence-electron chi connectivity index (χ0n) is 12.6. The number of benzene rings is 2. The minimum absolute atomic E-state index is 0. The van der Waals surface area contributed by atoms with Crippen molar-refractivity contribution in [2.24, 2.45) is 0 Å². The maximum atomic E-state index is 12.9. The van der Waals surface area contributed by atoms with Crippen LogP contribution in [-0.2, 0) is 6.54 Å². The first-order valence-corrected chi connectivity index (χ1v) is 7.24. The molecule has 0 bridgehead atoms. The number of nitrogens with zero attached hydrogens (tertiary/aromatic N) is 2. The van der Waals surface area contributed by atoms with Gasteiger partial charge in [0.25, 0.3) is 5.56 Å². The van der Waals surface area contributed by atoms with E-state index in [-0.39, 0.29) is 18.0 Å². The Labute approximate surface area is 139 Å². The summed E-state index contributed by atoms with van der Waals surface area (Å²) < 4.78 is 1.72. The molecule has 0 aliphatic heterocycles. The number of aromatic amines is 1. The van der Waals surface area contributed by atoms with E-state index in [4.69, 9.17) is 0 Å². The van der Waals surface area contributed by atoms with Gasteiger partial charge in [-0.15, -0.1) is 12.4 Å². The molecule has 0 spiro atoms. The highest BCUT2D eigenvalue weighted by atomic mass is 35.5. The van der Waals surface area contributed by atoms with Gasteiger partial charge < -0.3 is 9.55 Å². The Bertz CT molecular complexity index is 1050. The van der Waals surface area contributed by atoms with E-state index in [9.17, 15) is 4.79 Å². The molecule has 2 heterocycles. The molecule has 2 aromatic heterocycles. The first-order chi connectivity index (χ1) is 10.7. The fraction of sp³-hybridized carbons (Fsp3) is 0.111. The summed E-state index contributed by atoms with van der Waals surface area (Å²) in [7, 11) is 0. The van der Waals surface area contributed by atoms with Crippen LogP contribution < -0.4 is 5.56 Å². The molecule has 116 valence electrons. The summed E-state index contributed by atoms with van der Waals surface area (Å²) in [6.45, 7) is 2.44. The molecule has 0 radical (unpaired) electrons. The maximum Gasteiger partial charge on any atom is 0.259 e. The number of H-pyrrole nitrogens is 1. The van der Waals surface area contributed by atoms with Gasteiger partial charge >= 0.3 is 0 Å². The topological polar surface area (TPSA) is 50.7 Å². The SMILES string of the molecule is Cc1[nH]cnc1Cn1ccc2ccc3ccccc3c2c1=O.Cl. The number of fused-ring (bicyclic) bond motifs is 3. The van der Waals surface area contributed by atoms with Crippen LogP contribution in [0.1, 0.15) is 11.4 Å². The quantitative estimate of drug-likeness (QED) is 0.572. The van der Waals surface area contributed by atoms with Crippen molar-refractivity contribution in [3.63, 3.8) is 0 Å². The number of hydrogen-bond donors (Lipinski definition) is 1. The van der Waals surface area contributed by atoms with Crippen molar-refractivity contribution in [2.45, 2.75) is 13.5 Å². The van der Waals surface area contributed by atoms with Crippen molar-refractivity contribution >= 4 is 34.0 Å². The second kappa shape index (κ2) is 5.89. The summed E-state index contributed by atoms with van der Waals surface area (Å²) in [6, 6.07) is 14.0. The Morgan fingerprint density at radius 3 is 2.65 bits per heavy atom. The third kappa shape index (κ3) is 2.51. The lowest BCUT2D eigenvalue weighted by Gasteiger charge is -2.08. The van der Waals surface area contributed by atoms with Crippen LogP contribution in [0.5, 0.6) is 0 Å². The summed E-state index contributed by atoms with van der Waals surface area (Å²) in [5.74, 6) is 0. The molecule has 0 unspecified atom stereocenters. The first-order valence-electron chi connectivity index (χ1n) is 7.24. The average molecular weight is 326 g/mol. The van der Waals surface area contributed by atoms with E-state index >= 15 is 0 Å². The molecule has 0 aliphatic carbocycles. The molecular weight excluding hydrogens is 310 g/mol. The second-order valence-electron chi connectivity index (χ2n) is 5.47. The van der Waals surface area contributed by atoms with Gasteiger partial charge in [0, 0.05) is 11.9 Å². The van der Waals surface area contributed by atoms with Gasteiger partial charge in [0.2, 0.25) is 0 Å². The molecule has 0 aliphatic rings. The average Bonchev–Trinajstić information content (AvgIpc) is 2.94. The van der Waals surface area contributed by atoms with Gasteiger partial charge in [-0.1, -0.05) is 36.4 Å². The van der Waals surface area contributed by atoms with Gasteiger partial charge in [-0.2, -0.15) is 0 Å². The zero-order chi connectivity index (χ0) is 15.1. The summed E-state index contributed by atoms with van der Waals surface area (Å²) in [5, 5.41) is 3.83. The lowest BCUT2D eigenvalue weighted by molar-refractivity contribution is 0.747. The Kier molecular flexibility index (Phi) is 3.92. The smallest absolute Gasteiger partial charge is 0.259 e. The van der Waals surface area contributed by atoms with Crippen molar-refractivity contribution in [3.8, 4) is 0 Å². The fourth-order valence-electron chi connectivity index (χ4n) is 2.88. The van der Waals surface area contributed by atoms with Gasteiger partial charge in [-0.05, 0) is 29.1 Å². The van der Waals surface area contributed by atoms with E-state index < -0.39 is 0 Å². The Hall–Kier alpha value is -2.59. The van der Waals surface area contributed by atoms with Crippen LogP contribution in [0.2, 0.25) is 0 Å². The monoisotopic (exact) mass is 325 g/mol. The van der Waals surface area contributed by atoms with Gasteiger partial charge in [0.15, 0.2) is 0 Å². The third-order valence-corrected chi connectivity index (χ3v) is 4.12. The minimum Gasteiger partial charge on any atom is -0.348 e. The van der Waals surface area contributed by atoms with Crippen LogP contribution in [0.4, 0.5) is 0 Å². The van der Waals surface area contributed by atoms with Crippen molar-refractivity contribution < 1.29 is 0 Å². The van der Waals surface area contributed by atoms with Crippen LogP contribution in [0.3, 0.4) is 0 Å². The van der Waals surface area contributed by atoms with Crippen molar-refractivity contribution in [2.75, 3.05) is 0 Å². The molecular formula is C18H16ClN3O. The molecule has 4 aromatic rings. The Balaban J connectivity index is 0.00000156. The van der Waals surface area contributed by atoms with E-state index in [2.05, 4.69) is 16.0 Å². The molecule has 2 aromatic carbocycles. The molecule has 4 rings (SSSR count). The Morgan fingerprint density at radius 2 is 1.87 bits per heavy atom. The minimum atomic E-state index is 0. The number of nitrogens with one attached hydrogen (secondary N) is 1. The molecule has 1 N–H and O–H groups in total. The van der Waals surface area contributed by atoms with Crippen molar-refractivity contribution in [1.82, 2.24) is 14.5 Å². The van der Waals surface area contributed by atoms with Crippen LogP contribution >= 0.6 is 12.4 Å². The summed E-state index contributed by atoms with van der Waals surface area (Å²) in [4.78, 5) is 20.2. The van der Waals surface area contributed by atoms with Crippen LogP contribution in [0, 0.1) is 6.92 Å². The van der Waals surface area contributed by atoms with E-state index in [0.717, 1.165) is 32.9 Å². The largest absolute Gasteiger partial charge is 0.348 e. The van der Waals surface area contributed by atoms with Gasteiger partial charge in [0.1, 0.15) is 0 Å². The Morgan fingerprint density at radius 1 is 1.09 bits per heavy atom. The predicted molar refractivity (Wildman–Crippen MR) is 95.4 cm³/mol. The normalized spacial score (nSPS) is 10.8. The number of pyridine rings is 1.